The largest absolute Gasteiger partial charge is 0.460 e. The molecule has 0 atom stereocenters. The summed E-state index contributed by atoms with van der Waals surface area (Å²) in [6, 6.07) is 13.8. The van der Waals surface area contributed by atoms with Gasteiger partial charge >= 0.3 is 0 Å². The second-order valence-electron chi connectivity index (χ2n) is 5.64. The molecule has 0 saturated carbocycles. The average Bonchev–Trinajstić information content (AvgIpc) is 3.09. The Morgan fingerprint density at radius 2 is 1.83 bits per heavy atom. The lowest BCUT2D eigenvalue weighted by atomic mass is 10.2. The standard InChI is InChI=1S/C17H22N2O3S2/c20-24(21,19-9-11-23-12-10-19)13-8-18-14-16-6-7-17(22-16)15-4-2-1-3-5-15/h1-7,18H,8-14H2. The molecular weight excluding hydrogens is 344 g/mol. The molecule has 130 valence electrons. The first kappa shape index (κ1) is 17.5. The summed E-state index contributed by atoms with van der Waals surface area (Å²) in [5.41, 5.74) is 1.04. The predicted molar refractivity (Wildman–Crippen MR) is 98.5 cm³/mol. The quantitative estimate of drug-likeness (QED) is 0.763. The molecule has 1 N–H and O–H groups in total. The molecule has 0 radical (unpaired) electrons. The lowest BCUT2D eigenvalue weighted by Gasteiger charge is -2.25. The van der Waals surface area contributed by atoms with Crippen LogP contribution in [0.1, 0.15) is 5.76 Å². The van der Waals surface area contributed by atoms with Gasteiger partial charge in [0.15, 0.2) is 0 Å². The van der Waals surface area contributed by atoms with E-state index in [1.165, 1.54) is 0 Å². The molecule has 0 amide bonds. The van der Waals surface area contributed by atoms with Crippen LogP contribution in [0.4, 0.5) is 0 Å². The van der Waals surface area contributed by atoms with E-state index in [2.05, 4.69) is 5.32 Å². The highest BCUT2D eigenvalue weighted by molar-refractivity contribution is 7.99. The summed E-state index contributed by atoms with van der Waals surface area (Å²) in [6.45, 7) is 2.21. The predicted octanol–water partition coefficient (Wildman–Crippen LogP) is 2.41. The number of sulfonamides is 1. The molecule has 7 heteroatoms. The van der Waals surface area contributed by atoms with E-state index in [4.69, 9.17) is 4.42 Å². The first-order chi connectivity index (χ1) is 11.6. The number of nitrogens with one attached hydrogen (secondary N) is 1. The third kappa shape index (κ3) is 4.63. The van der Waals surface area contributed by atoms with Crippen molar-refractivity contribution in [3.8, 4) is 11.3 Å². The molecule has 0 bridgehead atoms. The van der Waals surface area contributed by atoms with Gasteiger partial charge in [-0.25, -0.2) is 12.7 Å². The Morgan fingerprint density at radius 1 is 1.08 bits per heavy atom. The SMILES string of the molecule is O=S(=O)(CCNCc1ccc(-c2ccccc2)o1)N1CCSCC1. The van der Waals surface area contributed by atoms with Crippen molar-refractivity contribution in [2.75, 3.05) is 36.9 Å². The minimum atomic E-state index is -3.15. The highest BCUT2D eigenvalue weighted by atomic mass is 32.2. The molecule has 1 fully saturated rings. The number of thioether (sulfide) groups is 1. The van der Waals surface area contributed by atoms with Crippen molar-refractivity contribution in [1.29, 1.82) is 0 Å². The lowest BCUT2D eigenvalue weighted by Crippen LogP contribution is -2.41. The van der Waals surface area contributed by atoms with Gasteiger partial charge in [0.1, 0.15) is 11.5 Å². The molecule has 0 spiro atoms. The van der Waals surface area contributed by atoms with Gasteiger partial charge in [-0.05, 0) is 12.1 Å². The van der Waals surface area contributed by atoms with Crippen LogP contribution in [-0.2, 0) is 16.6 Å². The van der Waals surface area contributed by atoms with Gasteiger partial charge < -0.3 is 9.73 Å². The van der Waals surface area contributed by atoms with Crippen LogP contribution in [0.15, 0.2) is 46.9 Å². The van der Waals surface area contributed by atoms with Crippen LogP contribution in [0.5, 0.6) is 0 Å². The molecule has 0 aliphatic carbocycles. The van der Waals surface area contributed by atoms with Gasteiger partial charge in [-0.1, -0.05) is 30.3 Å². The fourth-order valence-corrected chi connectivity index (χ4v) is 5.13. The van der Waals surface area contributed by atoms with E-state index in [-0.39, 0.29) is 5.75 Å². The zero-order valence-electron chi connectivity index (χ0n) is 13.5. The highest BCUT2D eigenvalue weighted by Gasteiger charge is 2.23. The molecular formula is C17H22N2O3S2. The summed E-state index contributed by atoms with van der Waals surface area (Å²) in [5, 5.41) is 3.16. The molecule has 1 aromatic carbocycles. The smallest absolute Gasteiger partial charge is 0.215 e. The molecule has 24 heavy (non-hydrogen) atoms. The number of benzene rings is 1. The molecule has 2 aromatic rings. The minimum Gasteiger partial charge on any atom is -0.460 e. The molecule has 3 rings (SSSR count). The topological polar surface area (TPSA) is 62.6 Å². The van der Waals surface area contributed by atoms with Crippen molar-refractivity contribution in [1.82, 2.24) is 9.62 Å². The summed E-state index contributed by atoms with van der Waals surface area (Å²) in [5.74, 6) is 3.54. The summed E-state index contributed by atoms with van der Waals surface area (Å²) >= 11 is 1.81. The van der Waals surface area contributed by atoms with Crippen molar-refractivity contribution in [3.05, 3.63) is 48.2 Å². The molecule has 1 aliphatic rings. The van der Waals surface area contributed by atoms with E-state index in [0.29, 0.717) is 26.2 Å². The minimum absolute atomic E-state index is 0.129. The van der Waals surface area contributed by atoms with Gasteiger partial charge in [-0.15, -0.1) is 0 Å². The van der Waals surface area contributed by atoms with Crippen molar-refractivity contribution in [2.45, 2.75) is 6.54 Å². The highest BCUT2D eigenvalue weighted by Crippen LogP contribution is 2.21. The molecule has 0 unspecified atom stereocenters. The Morgan fingerprint density at radius 3 is 2.58 bits per heavy atom. The summed E-state index contributed by atoms with van der Waals surface area (Å²) in [4.78, 5) is 0. The fourth-order valence-electron chi connectivity index (χ4n) is 2.60. The van der Waals surface area contributed by atoms with Gasteiger partial charge in [0.25, 0.3) is 0 Å². The maximum atomic E-state index is 12.2. The van der Waals surface area contributed by atoms with Gasteiger partial charge in [-0.3, -0.25) is 0 Å². The first-order valence-corrected chi connectivity index (χ1v) is 10.8. The Hall–Kier alpha value is -1.28. The lowest BCUT2D eigenvalue weighted by molar-refractivity contribution is 0.440. The molecule has 1 saturated heterocycles. The van der Waals surface area contributed by atoms with E-state index in [1.807, 2.05) is 42.5 Å². The maximum Gasteiger partial charge on any atom is 0.215 e. The van der Waals surface area contributed by atoms with Crippen molar-refractivity contribution >= 4 is 21.8 Å². The Balaban J connectivity index is 1.46. The summed E-state index contributed by atoms with van der Waals surface area (Å²) in [7, 11) is -3.15. The molecule has 1 aromatic heterocycles. The zero-order valence-corrected chi connectivity index (χ0v) is 15.1. The third-order valence-electron chi connectivity index (χ3n) is 3.92. The van der Waals surface area contributed by atoms with Crippen molar-refractivity contribution in [2.24, 2.45) is 0 Å². The molecule has 2 heterocycles. The maximum absolute atomic E-state index is 12.2. The number of hydrogen-bond donors (Lipinski definition) is 1. The second kappa shape index (κ2) is 8.20. The van der Waals surface area contributed by atoms with Crippen LogP contribution >= 0.6 is 11.8 Å². The zero-order chi connectivity index (χ0) is 16.8. The van der Waals surface area contributed by atoms with Gasteiger partial charge in [0, 0.05) is 36.7 Å². The van der Waals surface area contributed by atoms with Crippen LogP contribution in [-0.4, -0.2) is 49.6 Å². The van der Waals surface area contributed by atoms with Crippen LogP contribution in [0.3, 0.4) is 0 Å². The van der Waals surface area contributed by atoms with E-state index in [1.54, 1.807) is 16.1 Å². The summed E-state index contributed by atoms with van der Waals surface area (Å²) < 4.78 is 31.9. The number of furan rings is 1. The number of rotatable bonds is 7. The average molecular weight is 367 g/mol. The first-order valence-electron chi connectivity index (χ1n) is 8.05. The summed E-state index contributed by atoms with van der Waals surface area (Å²) in [6.07, 6.45) is 0. The Labute approximate surface area is 147 Å². The van der Waals surface area contributed by atoms with Gasteiger partial charge in [0.05, 0.1) is 12.3 Å². The van der Waals surface area contributed by atoms with E-state index in [9.17, 15) is 8.42 Å². The fraction of sp³-hybridized carbons (Fsp3) is 0.412. The van der Waals surface area contributed by atoms with Gasteiger partial charge in [0.2, 0.25) is 10.0 Å². The van der Waals surface area contributed by atoms with Crippen LogP contribution in [0, 0.1) is 0 Å². The monoisotopic (exact) mass is 366 g/mol. The molecule has 5 nitrogen and oxygen atoms in total. The van der Waals surface area contributed by atoms with Crippen molar-refractivity contribution < 1.29 is 12.8 Å². The third-order valence-corrected chi connectivity index (χ3v) is 6.73. The van der Waals surface area contributed by atoms with Gasteiger partial charge in [-0.2, -0.15) is 11.8 Å². The Bertz CT molecular complexity index is 738. The van der Waals surface area contributed by atoms with Crippen LogP contribution < -0.4 is 5.32 Å². The number of hydrogen-bond acceptors (Lipinski definition) is 5. The van der Waals surface area contributed by atoms with E-state index < -0.39 is 10.0 Å². The van der Waals surface area contributed by atoms with Crippen LogP contribution in [0.2, 0.25) is 0 Å². The molecule has 1 aliphatic heterocycles. The number of nitrogens with zero attached hydrogens (tertiary/aromatic N) is 1. The van der Waals surface area contributed by atoms with E-state index >= 15 is 0 Å². The second-order valence-corrected chi connectivity index (χ2v) is 8.95. The van der Waals surface area contributed by atoms with Crippen molar-refractivity contribution in [3.63, 3.8) is 0 Å². The normalized spacial score (nSPS) is 16.3. The van der Waals surface area contributed by atoms with Crippen LogP contribution in [0.25, 0.3) is 11.3 Å². The van der Waals surface area contributed by atoms with E-state index in [0.717, 1.165) is 28.6 Å². The Kier molecular flexibility index (Phi) is 5.99.